The summed E-state index contributed by atoms with van der Waals surface area (Å²) in [6.07, 6.45) is -2.90. The monoisotopic (exact) mass is 360 g/mol. The number of aryl methyl sites for hydroxylation is 2. The van der Waals surface area contributed by atoms with Crippen molar-refractivity contribution in [1.82, 2.24) is 9.78 Å². The van der Waals surface area contributed by atoms with Crippen LogP contribution < -0.4 is 0 Å². The van der Waals surface area contributed by atoms with Gasteiger partial charge in [0.05, 0.1) is 16.9 Å². The summed E-state index contributed by atoms with van der Waals surface area (Å²) in [5, 5.41) is 4.55. The number of halogens is 4. The van der Waals surface area contributed by atoms with Crippen LogP contribution in [0.5, 0.6) is 0 Å². The molecule has 2 rings (SSSR count). The number of aromatic nitrogens is 2. The third-order valence-electron chi connectivity index (χ3n) is 3.35. The molecule has 1 heterocycles. The average Bonchev–Trinajstić information content (AvgIpc) is 2.89. The van der Waals surface area contributed by atoms with Crippen molar-refractivity contribution >= 4 is 15.9 Å². The molecule has 0 amide bonds. The molecule has 0 aliphatic rings. The van der Waals surface area contributed by atoms with Crippen molar-refractivity contribution in [2.24, 2.45) is 0 Å². The van der Waals surface area contributed by atoms with Gasteiger partial charge < -0.3 is 0 Å². The molecule has 0 aliphatic carbocycles. The minimum absolute atomic E-state index is 0.169. The number of rotatable bonds is 4. The predicted octanol–water partition coefficient (Wildman–Crippen LogP) is 4.91. The highest BCUT2D eigenvalue weighted by Gasteiger charge is 2.33. The van der Waals surface area contributed by atoms with Crippen LogP contribution in [-0.4, -0.2) is 9.78 Å². The van der Waals surface area contributed by atoms with Crippen molar-refractivity contribution < 1.29 is 13.2 Å². The lowest BCUT2D eigenvalue weighted by Gasteiger charge is -2.14. The van der Waals surface area contributed by atoms with E-state index in [0.29, 0.717) is 12.1 Å². The lowest BCUT2D eigenvalue weighted by molar-refractivity contribution is -0.138. The minimum atomic E-state index is -4.37. The van der Waals surface area contributed by atoms with Gasteiger partial charge in [0.2, 0.25) is 0 Å². The van der Waals surface area contributed by atoms with Crippen LogP contribution >= 0.6 is 15.9 Å². The van der Waals surface area contributed by atoms with Gasteiger partial charge in [-0.15, -0.1) is 0 Å². The fourth-order valence-corrected chi connectivity index (χ4v) is 2.69. The fourth-order valence-electron chi connectivity index (χ4n) is 2.20. The summed E-state index contributed by atoms with van der Waals surface area (Å²) in [4.78, 5) is 0. The van der Waals surface area contributed by atoms with E-state index < -0.39 is 11.7 Å². The molecule has 2 nitrogen and oxygen atoms in total. The van der Waals surface area contributed by atoms with E-state index in [1.54, 1.807) is 10.7 Å². The van der Waals surface area contributed by atoms with E-state index in [9.17, 15) is 13.2 Å². The van der Waals surface area contributed by atoms with Crippen LogP contribution in [0.25, 0.3) is 5.69 Å². The highest BCUT2D eigenvalue weighted by atomic mass is 79.9. The molecule has 114 valence electrons. The normalized spacial score (nSPS) is 11.9. The molecule has 1 aromatic heterocycles. The van der Waals surface area contributed by atoms with E-state index in [-0.39, 0.29) is 10.9 Å². The molecule has 21 heavy (non-hydrogen) atoms. The summed E-state index contributed by atoms with van der Waals surface area (Å²) in [6, 6.07) is 6.28. The number of nitrogens with zero attached hydrogens (tertiary/aromatic N) is 2. The van der Waals surface area contributed by atoms with E-state index in [1.807, 2.05) is 19.9 Å². The molecule has 0 spiro atoms. The van der Waals surface area contributed by atoms with Gasteiger partial charge in [0.1, 0.15) is 0 Å². The van der Waals surface area contributed by atoms with Crippen molar-refractivity contribution in [3.63, 3.8) is 0 Å². The number of hydrogen-bond donors (Lipinski definition) is 0. The Morgan fingerprint density at radius 2 is 1.86 bits per heavy atom. The van der Waals surface area contributed by atoms with E-state index >= 15 is 0 Å². The Labute approximate surface area is 130 Å². The van der Waals surface area contributed by atoms with Gasteiger partial charge in [-0.1, -0.05) is 35.8 Å². The third kappa shape index (κ3) is 3.31. The second kappa shape index (κ2) is 6.22. The van der Waals surface area contributed by atoms with Gasteiger partial charge in [0.25, 0.3) is 0 Å². The van der Waals surface area contributed by atoms with E-state index in [4.69, 9.17) is 0 Å². The van der Waals surface area contributed by atoms with Crippen LogP contribution in [0.1, 0.15) is 36.4 Å². The predicted molar refractivity (Wildman–Crippen MR) is 80.0 cm³/mol. The zero-order chi connectivity index (χ0) is 15.6. The smallest absolute Gasteiger partial charge is 0.238 e. The van der Waals surface area contributed by atoms with Crippen molar-refractivity contribution in [3.8, 4) is 5.69 Å². The Morgan fingerprint density at radius 1 is 1.14 bits per heavy atom. The molecule has 2 aromatic rings. The van der Waals surface area contributed by atoms with Crippen LogP contribution in [0.2, 0.25) is 0 Å². The molecule has 0 N–H and O–H groups in total. The molecule has 0 radical (unpaired) electrons. The topological polar surface area (TPSA) is 17.8 Å². The molecular formula is C15H16BrF3N2. The van der Waals surface area contributed by atoms with E-state index in [0.717, 1.165) is 17.8 Å². The molecule has 0 unspecified atom stereocenters. The lowest BCUT2D eigenvalue weighted by atomic mass is 10.1. The van der Waals surface area contributed by atoms with Crippen LogP contribution in [0.15, 0.2) is 24.3 Å². The van der Waals surface area contributed by atoms with E-state index in [2.05, 4.69) is 21.0 Å². The van der Waals surface area contributed by atoms with Crippen LogP contribution in [0, 0.1) is 0 Å². The first-order valence-electron chi connectivity index (χ1n) is 6.75. The molecule has 0 saturated carbocycles. The van der Waals surface area contributed by atoms with Gasteiger partial charge in [-0.25, -0.2) is 4.68 Å². The Bertz CT molecular complexity index is 632. The number of alkyl halides is 4. The second-order valence-corrected chi connectivity index (χ2v) is 5.28. The first-order chi connectivity index (χ1) is 9.90. The summed E-state index contributed by atoms with van der Waals surface area (Å²) < 4.78 is 41.0. The van der Waals surface area contributed by atoms with Crippen LogP contribution in [0.4, 0.5) is 13.2 Å². The molecule has 1 aromatic carbocycles. The molecule has 0 fully saturated rings. The first-order valence-corrected chi connectivity index (χ1v) is 7.87. The Kier molecular flexibility index (Phi) is 4.76. The van der Waals surface area contributed by atoms with Gasteiger partial charge in [-0.3, -0.25) is 0 Å². The summed E-state index contributed by atoms with van der Waals surface area (Å²) >= 11 is 3.10. The van der Waals surface area contributed by atoms with Crippen LogP contribution in [0.3, 0.4) is 0 Å². The van der Waals surface area contributed by atoms with Gasteiger partial charge in [0, 0.05) is 11.0 Å². The van der Waals surface area contributed by atoms with E-state index in [1.165, 1.54) is 12.1 Å². The average molecular weight is 361 g/mol. The minimum Gasteiger partial charge on any atom is -0.238 e. The number of hydrogen-bond acceptors (Lipinski definition) is 1. The van der Waals surface area contributed by atoms with Gasteiger partial charge >= 0.3 is 6.18 Å². The Hall–Kier alpha value is -1.30. The van der Waals surface area contributed by atoms with Gasteiger partial charge in [-0.05, 0) is 36.6 Å². The highest BCUT2D eigenvalue weighted by molar-refractivity contribution is 9.08. The SMILES string of the molecule is CCc1cc(CC)n(-c2ccc(CBr)c(C(F)(F)F)c2)n1. The largest absolute Gasteiger partial charge is 0.416 e. The van der Waals surface area contributed by atoms with Gasteiger partial charge in [-0.2, -0.15) is 18.3 Å². The maximum absolute atomic E-state index is 13.1. The quantitative estimate of drug-likeness (QED) is 0.708. The molecule has 0 bridgehead atoms. The number of benzene rings is 1. The van der Waals surface area contributed by atoms with Crippen molar-refractivity contribution in [2.75, 3.05) is 0 Å². The second-order valence-electron chi connectivity index (χ2n) is 4.72. The van der Waals surface area contributed by atoms with Gasteiger partial charge in [0.15, 0.2) is 0 Å². The molecule has 0 aliphatic heterocycles. The third-order valence-corrected chi connectivity index (χ3v) is 3.95. The van der Waals surface area contributed by atoms with Crippen molar-refractivity contribution in [3.05, 3.63) is 46.8 Å². The molecular weight excluding hydrogens is 345 g/mol. The maximum Gasteiger partial charge on any atom is 0.416 e. The molecule has 0 atom stereocenters. The summed E-state index contributed by atoms with van der Waals surface area (Å²) in [5.41, 5.74) is 1.85. The Balaban J connectivity index is 2.57. The van der Waals surface area contributed by atoms with Crippen molar-refractivity contribution in [1.29, 1.82) is 0 Å². The summed E-state index contributed by atoms with van der Waals surface area (Å²) in [7, 11) is 0. The Morgan fingerprint density at radius 3 is 2.38 bits per heavy atom. The van der Waals surface area contributed by atoms with Crippen molar-refractivity contribution in [2.45, 2.75) is 38.2 Å². The fraction of sp³-hybridized carbons (Fsp3) is 0.400. The molecule has 0 saturated heterocycles. The molecule has 6 heteroatoms. The lowest BCUT2D eigenvalue weighted by Crippen LogP contribution is -2.11. The first kappa shape index (κ1) is 16.1. The zero-order valence-electron chi connectivity index (χ0n) is 11.8. The highest BCUT2D eigenvalue weighted by Crippen LogP contribution is 2.34. The summed E-state index contributed by atoms with van der Waals surface area (Å²) in [6.45, 7) is 3.94. The van der Waals surface area contributed by atoms with Crippen LogP contribution in [-0.2, 0) is 24.3 Å². The maximum atomic E-state index is 13.1. The zero-order valence-corrected chi connectivity index (χ0v) is 13.4. The summed E-state index contributed by atoms with van der Waals surface area (Å²) in [5.74, 6) is 0. The standard InChI is InChI=1S/C15H16BrF3N2/c1-3-11-7-12(4-2)21(20-11)13-6-5-10(9-16)14(8-13)15(17,18)19/h5-8H,3-4,9H2,1-2H3.